The van der Waals surface area contributed by atoms with Crippen LogP contribution in [0.15, 0.2) is 36.7 Å². The van der Waals surface area contributed by atoms with Gasteiger partial charge >= 0.3 is 0 Å². The van der Waals surface area contributed by atoms with E-state index >= 15 is 0 Å². The van der Waals surface area contributed by atoms with Crippen LogP contribution in [-0.4, -0.2) is 35.5 Å². The highest BCUT2D eigenvalue weighted by atomic mass is 19.1. The van der Waals surface area contributed by atoms with Crippen molar-refractivity contribution in [1.82, 2.24) is 9.55 Å². The van der Waals surface area contributed by atoms with Crippen LogP contribution in [0.1, 0.15) is 24.2 Å². The van der Waals surface area contributed by atoms with Gasteiger partial charge in [-0.1, -0.05) is 30.3 Å². The first-order valence-electron chi connectivity index (χ1n) is 6.58. The fourth-order valence-corrected chi connectivity index (χ4v) is 2.36. The van der Waals surface area contributed by atoms with E-state index in [0.29, 0.717) is 0 Å². The lowest BCUT2D eigenvalue weighted by atomic mass is 10.1. The average molecular weight is 294 g/mol. The Kier molecular flexibility index (Phi) is 4.72. The number of imidazole rings is 1. The number of aliphatic hydroxyl groups excluding tert-OH is 1. The molecule has 2 aromatic rings. The smallest absolute Gasteiger partial charge is 0.239 e. The van der Waals surface area contributed by atoms with Crippen molar-refractivity contribution in [2.45, 2.75) is 18.8 Å². The Bertz CT molecular complexity index is 574. The first-order valence-corrected chi connectivity index (χ1v) is 6.58. The predicted octanol–water partition coefficient (Wildman–Crippen LogP) is 2.07. The van der Waals surface area contributed by atoms with Crippen LogP contribution in [0.4, 0.5) is 4.39 Å². The van der Waals surface area contributed by atoms with E-state index in [2.05, 4.69) is 4.98 Å². The van der Waals surface area contributed by atoms with Crippen LogP contribution >= 0.6 is 0 Å². The summed E-state index contributed by atoms with van der Waals surface area (Å²) in [5.41, 5.74) is 1.04. The van der Waals surface area contributed by atoms with Gasteiger partial charge in [0.05, 0.1) is 12.4 Å². The van der Waals surface area contributed by atoms with Gasteiger partial charge in [-0.3, -0.25) is 0 Å². The number of nitrogens with zero attached hydrogens (tertiary/aromatic N) is 2. The second kappa shape index (κ2) is 6.34. The second-order valence-electron chi connectivity index (χ2n) is 4.70. The Labute approximate surface area is 123 Å². The summed E-state index contributed by atoms with van der Waals surface area (Å²) in [5, 5.41) is 9.59. The highest BCUT2D eigenvalue weighted by molar-refractivity contribution is 5.22. The highest BCUT2D eigenvalue weighted by Crippen LogP contribution is 2.31. The number of methoxy groups -OCH3 is 2. The topological polar surface area (TPSA) is 56.5 Å². The molecule has 1 aromatic carbocycles. The largest absolute Gasteiger partial charge is 0.390 e. The van der Waals surface area contributed by atoms with Crippen LogP contribution in [0, 0.1) is 5.95 Å². The molecule has 0 aliphatic rings. The molecule has 114 valence electrons. The van der Waals surface area contributed by atoms with Crippen molar-refractivity contribution in [3.05, 3.63) is 53.9 Å². The van der Waals surface area contributed by atoms with Gasteiger partial charge in [-0.2, -0.15) is 4.39 Å². The Morgan fingerprint density at radius 3 is 2.43 bits per heavy atom. The van der Waals surface area contributed by atoms with Crippen LogP contribution in [0.5, 0.6) is 0 Å². The number of benzene rings is 1. The summed E-state index contributed by atoms with van der Waals surface area (Å²) in [6.07, 6.45) is 1.38. The molecule has 21 heavy (non-hydrogen) atoms. The molecule has 0 saturated carbocycles. The number of aromatic nitrogens is 2. The molecule has 0 bridgehead atoms. The third kappa shape index (κ3) is 2.70. The van der Waals surface area contributed by atoms with E-state index in [4.69, 9.17) is 9.47 Å². The van der Waals surface area contributed by atoms with Crippen molar-refractivity contribution < 1.29 is 19.0 Å². The van der Waals surface area contributed by atoms with Crippen LogP contribution in [0.3, 0.4) is 0 Å². The van der Waals surface area contributed by atoms with E-state index in [1.165, 1.54) is 20.5 Å². The van der Waals surface area contributed by atoms with E-state index in [-0.39, 0.29) is 11.7 Å². The summed E-state index contributed by atoms with van der Waals surface area (Å²) in [4.78, 5) is 3.70. The number of ether oxygens (including phenoxy) is 2. The molecule has 2 rings (SSSR count). The molecule has 1 heterocycles. The molecule has 0 amide bonds. The van der Waals surface area contributed by atoms with Gasteiger partial charge in [-0.15, -0.1) is 0 Å². The molecule has 1 aromatic heterocycles. The maximum absolute atomic E-state index is 14.1. The van der Waals surface area contributed by atoms with E-state index in [9.17, 15) is 9.50 Å². The maximum atomic E-state index is 14.1. The van der Waals surface area contributed by atoms with Crippen LogP contribution in [0.2, 0.25) is 0 Å². The molecule has 0 saturated heterocycles. The van der Waals surface area contributed by atoms with Gasteiger partial charge in [-0.25, -0.2) is 4.98 Å². The summed E-state index contributed by atoms with van der Waals surface area (Å²) in [6, 6.07) is 9.41. The van der Waals surface area contributed by atoms with Crippen molar-refractivity contribution in [3.8, 4) is 0 Å². The van der Waals surface area contributed by atoms with Crippen molar-refractivity contribution in [3.63, 3.8) is 0 Å². The fraction of sp³-hybridized carbons (Fsp3) is 0.400. The molecule has 0 spiro atoms. The van der Waals surface area contributed by atoms with Gasteiger partial charge in [0.2, 0.25) is 11.7 Å². The summed E-state index contributed by atoms with van der Waals surface area (Å²) in [6.45, 7) is 1.39. The van der Waals surface area contributed by atoms with Crippen molar-refractivity contribution in [1.29, 1.82) is 0 Å². The lowest BCUT2D eigenvalue weighted by Crippen LogP contribution is -2.38. The molecule has 6 heteroatoms. The number of halogens is 1. The minimum atomic E-state index is -1.58. The Balaban J connectivity index is 2.52. The summed E-state index contributed by atoms with van der Waals surface area (Å²) >= 11 is 0. The SMILES string of the molecule is COC(CO)(OC)c1c(F)ncn1[C@H](C)c1ccccc1. The number of hydrogen-bond donors (Lipinski definition) is 1. The van der Waals surface area contributed by atoms with Crippen LogP contribution in [-0.2, 0) is 15.3 Å². The molecule has 0 fully saturated rings. The molecular weight excluding hydrogens is 275 g/mol. The third-order valence-corrected chi connectivity index (χ3v) is 3.68. The highest BCUT2D eigenvalue weighted by Gasteiger charge is 2.39. The predicted molar refractivity (Wildman–Crippen MR) is 75.2 cm³/mol. The number of hydrogen-bond acceptors (Lipinski definition) is 4. The molecule has 5 nitrogen and oxygen atoms in total. The Hall–Kier alpha value is -1.76. The average Bonchev–Trinajstić information content (AvgIpc) is 2.92. The van der Waals surface area contributed by atoms with Gasteiger partial charge in [0, 0.05) is 14.2 Å². The molecule has 0 aliphatic carbocycles. The standard InChI is InChI=1S/C15H19FN2O3/c1-11(12-7-5-4-6-8-12)18-10-17-14(16)13(18)15(9-19,20-2)21-3/h4-8,10-11,19H,9H2,1-3H3/t11-/m1/s1. The monoisotopic (exact) mass is 294 g/mol. The fourth-order valence-electron chi connectivity index (χ4n) is 2.36. The third-order valence-electron chi connectivity index (χ3n) is 3.68. The Morgan fingerprint density at radius 2 is 1.90 bits per heavy atom. The normalized spacial score (nSPS) is 13.4. The van der Waals surface area contributed by atoms with Gasteiger partial charge < -0.3 is 19.1 Å². The van der Waals surface area contributed by atoms with Gasteiger partial charge in [-0.05, 0) is 12.5 Å². The van der Waals surface area contributed by atoms with Crippen molar-refractivity contribution in [2.24, 2.45) is 0 Å². The zero-order valence-electron chi connectivity index (χ0n) is 12.3. The van der Waals surface area contributed by atoms with E-state index < -0.39 is 18.3 Å². The molecular formula is C15H19FN2O3. The summed E-state index contributed by atoms with van der Waals surface area (Å²) in [5.74, 6) is -2.31. The lowest BCUT2D eigenvalue weighted by molar-refractivity contribution is -0.241. The zero-order chi connectivity index (χ0) is 15.5. The maximum Gasteiger partial charge on any atom is 0.239 e. The summed E-state index contributed by atoms with van der Waals surface area (Å²) in [7, 11) is 2.70. The van der Waals surface area contributed by atoms with Gasteiger partial charge in [0.25, 0.3) is 0 Å². The van der Waals surface area contributed by atoms with Gasteiger partial charge in [0.1, 0.15) is 12.3 Å². The quantitative estimate of drug-likeness (QED) is 0.829. The molecule has 1 atom stereocenters. The summed E-state index contributed by atoms with van der Waals surface area (Å²) < 4.78 is 26.2. The Morgan fingerprint density at radius 1 is 1.29 bits per heavy atom. The number of rotatable bonds is 6. The first-order chi connectivity index (χ1) is 10.1. The minimum absolute atomic E-state index is 0.0614. The number of aliphatic hydroxyl groups is 1. The van der Waals surface area contributed by atoms with Crippen LogP contribution < -0.4 is 0 Å². The van der Waals surface area contributed by atoms with Crippen molar-refractivity contribution >= 4 is 0 Å². The van der Waals surface area contributed by atoms with E-state index in [1.54, 1.807) is 4.57 Å². The molecule has 0 aliphatic heterocycles. The van der Waals surface area contributed by atoms with Crippen molar-refractivity contribution in [2.75, 3.05) is 20.8 Å². The van der Waals surface area contributed by atoms with Crippen LogP contribution in [0.25, 0.3) is 0 Å². The first kappa shape index (κ1) is 15.6. The van der Waals surface area contributed by atoms with Gasteiger partial charge in [0.15, 0.2) is 0 Å². The van der Waals surface area contributed by atoms with E-state index in [1.807, 2.05) is 37.3 Å². The molecule has 0 radical (unpaired) electrons. The lowest BCUT2D eigenvalue weighted by Gasteiger charge is -2.31. The second-order valence-corrected chi connectivity index (χ2v) is 4.70. The zero-order valence-corrected chi connectivity index (χ0v) is 12.3. The molecule has 1 N–H and O–H groups in total. The minimum Gasteiger partial charge on any atom is -0.390 e. The molecule has 0 unspecified atom stereocenters. The van der Waals surface area contributed by atoms with E-state index in [0.717, 1.165) is 5.56 Å².